The smallest absolute Gasteiger partial charge is 0.356 e. The van der Waals surface area contributed by atoms with E-state index in [-0.39, 0.29) is 57.0 Å². The van der Waals surface area contributed by atoms with Gasteiger partial charge in [-0.15, -0.1) is 0 Å². The average molecular weight is 711 g/mol. The molecule has 0 bridgehead atoms. The van der Waals surface area contributed by atoms with E-state index in [0.29, 0.717) is 34.4 Å². The molecule has 15 nitrogen and oxygen atoms in total. The highest BCUT2D eigenvalue weighted by atomic mass is 31.2. The lowest BCUT2D eigenvalue weighted by atomic mass is 9.97. The second kappa shape index (κ2) is 18.5. The Morgan fingerprint density at radius 1 is 0.820 bits per heavy atom. The van der Waals surface area contributed by atoms with Crippen LogP contribution in [0.3, 0.4) is 0 Å². The second-order valence-corrected chi connectivity index (χ2v) is 13.7. The molecule has 4 aromatic rings. The molecule has 16 heteroatoms. The lowest BCUT2D eigenvalue weighted by molar-refractivity contribution is -0.147. The molecule has 3 atom stereocenters. The van der Waals surface area contributed by atoms with Crippen molar-refractivity contribution >= 4 is 42.3 Å². The van der Waals surface area contributed by atoms with Crippen molar-refractivity contribution in [1.29, 1.82) is 0 Å². The number of carbonyl (C=O) groups excluding carboxylic acids is 3. The molecule has 268 valence electrons. The molecule has 0 aliphatic carbocycles. The number of imidazole rings is 1. The molecule has 2 aromatic carbocycles. The average Bonchev–Trinajstić information content (AvgIpc) is 3.55. The summed E-state index contributed by atoms with van der Waals surface area (Å²) in [5, 5.41) is 0. The molecule has 0 aliphatic rings. The van der Waals surface area contributed by atoms with E-state index in [1.807, 2.05) is 6.07 Å². The monoisotopic (exact) mass is 710 g/mol. The molecule has 0 saturated carbocycles. The summed E-state index contributed by atoms with van der Waals surface area (Å²) in [7, 11) is -3.83. The number of carbonyl (C=O) groups is 3. The fourth-order valence-electron chi connectivity index (χ4n) is 4.58. The van der Waals surface area contributed by atoms with Gasteiger partial charge in [0.05, 0.1) is 38.7 Å². The van der Waals surface area contributed by atoms with Crippen LogP contribution < -0.4 is 11.5 Å². The summed E-state index contributed by atoms with van der Waals surface area (Å²) in [6, 6.07) is 15.0. The van der Waals surface area contributed by atoms with Gasteiger partial charge in [0.25, 0.3) is 0 Å². The number of anilines is 1. The van der Waals surface area contributed by atoms with Gasteiger partial charge in [0, 0.05) is 24.1 Å². The van der Waals surface area contributed by atoms with Crippen molar-refractivity contribution in [2.24, 2.45) is 11.7 Å². The Labute approximate surface area is 290 Å². The number of aromatic nitrogens is 4. The van der Waals surface area contributed by atoms with Gasteiger partial charge in [-0.2, -0.15) is 0 Å². The summed E-state index contributed by atoms with van der Waals surface area (Å²) in [4.78, 5) is 49.8. The van der Waals surface area contributed by atoms with Gasteiger partial charge in [-0.3, -0.25) is 18.9 Å². The summed E-state index contributed by atoms with van der Waals surface area (Å²) in [5.74, 6) is -1.61. The summed E-state index contributed by atoms with van der Waals surface area (Å²) < 4.78 is 42.6. The maximum atomic E-state index is 13.6. The van der Waals surface area contributed by atoms with Crippen LogP contribution in [-0.4, -0.2) is 82.7 Å². The van der Waals surface area contributed by atoms with Gasteiger partial charge in [0.1, 0.15) is 30.8 Å². The summed E-state index contributed by atoms with van der Waals surface area (Å²) >= 11 is 0. The Bertz CT molecular complexity index is 1770. The van der Waals surface area contributed by atoms with Crippen molar-refractivity contribution in [1.82, 2.24) is 19.5 Å². The molecule has 50 heavy (non-hydrogen) atoms. The van der Waals surface area contributed by atoms with Crippen molar-refractivity contribution in [2.75, 3.05) is 45.1 Å². The van der Waals surface area contributed by atoms with Crippen LogP contribution in [0.15, 0.2) is 67.3 Å². The Balaban J connectivity index is 1.24. The number of ketones is 1. The molecular formula is C34H43N6O9P. The van der Waals surface area contributed by atoms with Gasteiger partial charge < -0.3 is 39.3 Å². The van der Waals surface area contributed by atoms with Crippen LogP contribution in [0.4, 0.5) is 5.82 Å². The van der Waals surface area contributed by atoms with E-state index in [4.69, 9.17) is 34.7 Å². The molecule has 4 N–H and O–H groups in total. The van der Waals surface area contributed by atoms with Gasteiger partial charge >= 0.3 is 19.5 Å². The predicted octanol–water partition coefficient (Wildman–Crippen LogP) is 4.10. The van der Waals surface area contributed by atoms with Gasteiger partial charge in [-0.05, 0) is 18.4 Å². The Hall–Kier alpha value is -4.53. The number of esters is 2. The Morgan fingerprint density at radius 2 is 1.50 bits per heavy atom. The maximum absolute atomic E-state index is 13.6. The molecule has 4 rings (SSSR count). The first-order valence-electron chi connectivity index (χ1n) is 16.1. The minimum absolute atomic E-state index is 0.00198. The summed E-state index contributed by atoms with van der Waals surface area (Å²) in [6.45, 7) is 5.24. The van der Waals surface area contributed by atoms with Crippen LogP contribution in [0, 0.1) is 5.92 Å². The van der Waals surface area contributed by atoms with Gasteiger partial charge in [0.2, 0.25) is 0 Å². The second-order valence-electron chi connectivity index (χ2n) is 11.7. The molecule has 0 spiro atoms. The molecule has 2 unspecified atom stereocenters. The highest BCUT2D eigenvalue weighted by Gasteiger charge is 2.26. The summed E-state index contributed by atoms with van der Waals surface area (Å²) in [6.07, 6.45) is 2.71. The van der Waals surface area contributed by atoms with Crippen molar-refractivity contribution in [2.45, 2.75) is 45.7 Å². The third-order valence-electron chi connectivity index (χ3n) is 7.64. The molecule has 0 radical (unpaired) electrons. The molecule has 0 saturated heterocycles. The van der Waals surface area contributed by atoms with Crippen molar-refractivity contribution in [3.05, 3.63) is 83.9 Å². The molecule has 2 heterocycles. The number of fused-ring (bicyclic) bond motifs is 1. The number of nitrogens with zero attached hydrogens (tertiary/aromatic N) is 4. The number of nitrogens with two attached hydrogens (primary N) is 2. The van der Waals surface area contributed by atoms with E-state index >= 15 is 0 Å². The minimum atomic E-state index is -3.83. The van der Waals surface area contributed by atoms with Gasteiger partial charge in [-0.25, -0.2) is 15.0 Å². The van der Waals surface area contributed by atoms with Crippen LogP contribution in [0.2, 0.25) is 0 Å². The first kappa shape index (κ1) is 38.3. The molecule has 2 aromatic heterocycles. The number of hydrogen-bond donors (Lipinski definition) is 2. The lowest BCUT2D eigenvalue weighted by Gasteiger charge is -2.20. The number of nitrogen functional groups attached to an aromatic ring is 1. The lowest BCUT2D eigenvalue weighted by Crippen LogP contribution is -2.37. The highest BCUT2D eigenvalue weighted by Crippen LogP contribution is 2.48. The number of hydrogen-bond acceptors (Lipinski definition) is 14. The quantitative estimate of drug-likeness (QED) is 0.0573. The third kappa shape index (κ3) is 10.7. The van der Waals surface area contributed by atoms with Crippen molar-refractivity contribution < 1.29 is 42.2 Å². The number of ether oxygens (including phenoxy) is 3. The van der Waals surface area contributed by atoms with Gasteiger partial charge in [-0.1, -0.05) is 68.4 Å². The molecule has 0 aliphatic heterocycles. The molecule has 0 fully saturated rings. The SMILES string of the molecule is CC(C(=O)OCCCOP(=O)(COCCn1cnc2c(N)ncnc21)OCCOC(=O)[C@H](N)C(C)C)c1ccc(C(=O)c2ccccc2)cc1. The van der Waals surface area contributed by atoms with Crippen molar-refractivity contribution in [3.8, 4) is 0 Å². The van der Waals surface area contributed by atoms with E-state index in [0.717, 1.165) is 0 Å². The molecule has 0 amide bonds. The zero-order chi connectivity index (χ0) is 36.1. The van der Waals surface area contributed by atoms with E-state index in [2.05, 4.69) is 15.0 Å². The van der Waals surface area contributed by atoms with Crippen LogP contribution in [-0.2, 0) is 44.0 Å². The Morgan fingerprint density at radius 3 is 2.22 bits per heavy atom. The predicted molar refractivity (Wildman–Crippen MR) is 184 cm³/mol. The van der Waals surface area contributed by atoms with Crippen LogP contribution in [0.25, 0.3) is 11.2 Å². The van der Waals surface area contributed by atoms with E-state index in [1.165, 1.54) is 6.33 Å². The van der Waals surface area contributed by atoms with E-state index in [9.17, 15) is 18.9 Å². The van der Waals surface area contributed by atoms with Gasteiger partial charge in [0.15, 0.2) is 17.2 Å². The first-order valence-corrected chi connectivity index (χ1v) is 17.9. The van der Waals surface area contributed by atoms with Crippen molar-refractivity contribution in [3.63, 3.8) is 0 Å². The highest BCUT2D eigenvalue weighted by molar-refractivity contribution is 7.53. The van der Waals surface area contributed by atoms with E-state index in [1.54, 1.807) is 80.2 Å². The van der Waals surface area contributed by atoms with Crippen LogP contribution in [0.5, 0.6) is 0 Å². The van der Waals surface area contributed by atoms with Crippen LogP contribution >= 0.6 is 7.60 Å². The first-order chi connectivity index (χ1) is 24.0. The number of benzene rings is 2. The topological polar surface area (TPSA) is 210 Å². The largest absolute Gasteiger partial charge is 0.465 e. The zero-order valence-corrected chi connectivity index (χ0v) is 29.2. The van der Waals surface area contributed by atoms with E-state index < -0.39 is 37.8 Å². The fraction of sp³-hybridized carbons (Fsp3) is 0.412. The Kier molecular flexibility index (Phi) is 14.1. The third-order valence-corrected chi connectivity index (χ3v) is 9.30. The van der Waals surface area contributed by atoms with Crippen LogP contribution in [0.1, 0.15) is 54.6 Å². The maximum Gasteiger partial charge on any atom is 0.356 e. The normalized spacial score (nSPS) is 13.9. The fourth-order valence-corrected chi connectivity index (χ4v) is 5.91. The minimum Gasteiger partial charge on any atom is -0.465 e. The summed E-state index contributed by atoms with van der Waals surface area (Å²) in [5.41, 5.74) is 14.4. The number of rotatable bonds is 20. The molecular weight excluding hydrogens is 667 g/mol. The standard InChI is InChI=1S/C34H43N6O9P/c1-23(2)28(35)34(43)47-18-19-49-50(44,22-45-17-14-40-21-39-29-31(36)37-20-38-32(29)40)48-16-7-15-46-33(42)24(3)25-10-12-27(13-11-25)30(41)26-8-5-4-6-9-26/h4-6,8-13,20-21,23-24,28H,7,14-19,22,35H2,1-3H3,(H2,36,37,38)/t24?,28-,50?/m1/s1. The zero-order valence-electron chi connectivity index (χ0n) is 28.3.